The quantitative estimate of drug-likeness (QED) is 0.601. The summed E-state index contributed by atoms with van der Waals surface area (Å²) in [6.45, 7) is 0.692. The summed E-state index contributed by atoms with van der Waals surface area (Å²) in [5, 5.41) is 10.3. The molecule has 0 radical (unpaired) electrons. The summed E-state index contributed by atoms with van der Waals surface area (Å²) in [6, 6.07) is 19.4. The van der Waals surface area contributed by atoms with Crippen molar-refractivity contribution in [3.63, 3.8) is 0 Å². The first-order chi connectivity index (χ1) is 17.4. The smallest absolute Gasteiger partial charge is 0.253 e. The van der Waals surface area contributed by atoms with Crippen LogP contribution in [0, 0.1) is 5.92 Å². The number of rotatable bonds is 5. The van der Waals surface area contributed by atoms with Crippen LogP contribution in [0.25, 0.3) is 11.1 Å². The van der Waals surface area contributed by atoms with E-state index in [1.165, 1.54) is 0 Å². The van der Waals surface area contributed by atoms with Crippen molar-refractivity contribution in [2.75, 3.05) is 39.2 Å². The van der Waals surface area contributed by atoms with Crippen molar-refractivity contribution in [3.05, 3.63) is 83.7 Å². The molecule has 0 aliphatic carbocycles. The van der Waals surface area contributed by atoms with Crippen molar-refractivity contribution in [2.45, 2.75) is 24.9 Å². The molecular formula is C29H32N4O3. The van der Waals surface area contributed by atoms with Gasteiger partial charge in [0.25, 0.3) is 5.91 Å². The van der Waals surface area contributed by atoms with Crippen LogP contribution in [0.2, 0.25) is 0 Å². The zero-order valence-corrected chi connectivity index (χ0v) is 21.0. The van der Waals surface area contributed by atoms with Crippen LogP contribution in [-0.4, -0.2) is 72.0 Å². The van der Waals surface area contributed by atoms with Crippen molar-refractivity contribution in [1.82, 2.24) is 14.8 Å². The molecule has 5 rings (SSSR count). The molecule has 2 aromatic carbocycles. The van der Waals surface area contributed by atoms with Gasteiger partial charge in [0.15, 0.2) is 0 Å². The topological polar surface area (TPSA) is 77.0 Å². The SMILES string of the molecule is CN(C)C(=O)c1cccc(-c2ccc3c(c2)[C@H]2[C@H](CCN2C(=O)Cc2ccccn2)[C@H](CO)N3C)c1. The second-order valence-electron chi connectivity index (χ2n) is 9.90. The molecule has 3 aromatic rings. The van der Waals surface area contributed by atoms with Gasteiger partial charge in [-0.25, -0.2) is 0 Å². The standard InChI is InChI=1S/C29H32N4O3/c1-31(2)29(36)21-8-6-7-19(15-21)20-10-11-25-24(16-20)28-23(26(18-34)32(25)3)12-14-33(28)27(35)17-22-9-4-5-13-30-22/h4-11,13,15-16,23,26,28,34H,12,14,17-18H2,1-3H3/t23-,26+,28-/m1/s1. The number of aliphatic hydroxyl groups is 1. The molecular weight excluding hydrogens is 452 g/mol. The van der Waals surface area contributed by atoms with Gasteiger partial charge in [-0.15, -0.1) is 0 Å². The van der Waals surface area contributed by atoms with E-state index in [0.29, 0.717) is 12.1 Å². The number of carbonyl (C=O) groups excluding carboxylic acids is 2. The van der Waals surface area contributed by atoms with Gasteiger partial charge in [-0.05, 0) is 59.5 Å². The van der Waals surface area contributed by atoms with E-state index in [4.69, 9.17) is 0 Å². The molecule has 36 heavy (non-hydrogen) atoms. The number of likely N-dealkylation sites (tertiary alicyclic amines) is 1. The lowest BCUT2D eigenvalue weighted by Gasteiger charge is -2.44. The third-order valence-corrected chi connectivity index (χ3v) is 7.58. The van der Waals surface area contributed by atoms with E-state index in [-0.39, 0.29) is 42.8 Å². The lowest BCUT2D eigenvalue weighted by Crippen LogP contribution is -2.48. The summed E-state index contributed by atoms with van der Waals surface area (Å²) in [7, 11) is 5.51. The highest BCUT2D eigenvalue weighted by Crippen LogP contribution is 2.49. The first kappa shape index (κ1) is 24.0. The first-order valence-corrected chi connectivity index (χ1v) is 12.4. The monoisotopic (exact) mass is 484 g/mol. The molecule has 2 aliphatic rings. The first-order valence-electron chi connectivity index (χ1n) is 12.4. The molecule has 0 bridgehead atoms. The maximum Gasteiger partial charge on any atom is 0.253 e. The average Bonchev–Trinajstić information content (AvgIpc) is 3.34. The Morgan fingerprint density at radius 1 is 1.06 bits per heavy atom. The molecule has 1 N–H and O–H groups in total. The van der Waals surface area contributed by atoms with Crippen molar-refractivity contribution in [3.8, 4) is 11.1 Å². The van der Waals surface area contributed by atoms with Gasteiger partial charge in [-0.2, -0.15) is 0 Å². The highest BCUT2D eigenvalue weighted by molar-refractivity contribution is 5.95. The molecule has 0 spiro atoms. The Hall–Kier alpha value is -3.71. The van der Waals surface area contributed by atoms with Crippen LogP contribution in [0.5, 0.6) is 0 Å². The predicted molar refractivity (Wildman–Crippen MR) is 140 cm³/mol. The average molecular weight is 485 g/mol. The van der Waals surface area contributed by atoms with Gasteiger partial charge in [-0.1, -0.05) is 24.3 Å². The molecule has 7 heteroatoms. The van der Waals surface area contributed by atoms with Gasteiger partial charge in [0, 0.05) is 56.7 Å². The van der Waals surface area contributed by atoms with E-state index in [0.717, 1.165) is 34.5 Å². The van der Waals surface area contributed by atoms with Crippen molar-refractivity contribution in [1.29, 1.82) is 0 Å². The molecule has 0 unspecified atom stereocenters. The number of aliphatic hydroxyl groups excluding tert-OH is 1. The molecule has 3 atom stereocenters. The minimum atomic E-state index is -0.115. The van der Waals surface area contributed by atoms with Crippen molar-refractivity contribution in [2.24, 2.45) is 5.92 Å². The summed E-state index contributed by atoms with van der Waals surface area (Å²) in [5.41, 5.74) is 5.46. The van der Waals surface area contributed by atoms with Crippen LogP contribution in [0.1, 0.15) is 34.1 Å². The minimum absolute atomic E-state index is 0.0375. The lowest BCUT2D eigenvalue weighted by molar-refractivity contribution is -0.132. The molecule has 3 heterocycles. The Balaban J connectivity index is 1.54. The van der Waals surface area contributed by atoms with Crippen LogP contribution in [0.15, 0.2) is 66.9 Å². The van der Waals surface area contributed by atoms with Gasteiger partial charge in [0.05, 0.1) is 25.1 Å². The minimum Gasteiger partial charge on any atom is -0.394 e. The van der Waals surface area contributed by atoms with Gasteiger partial charge in [0.1, 0.15) is 0 Å². The number of hydrogen-bond acceptors (Lipinski definition) is 5. The van der Waals surface area contributed by atoms with Crippen LogP contribution < -0.4 is 4.90 Å². The number of anilines is 1. The van der Waals surface area contributed by atoms with E-state index in [9.17, 15) is 14.7 Å². The molecule has 2 amide bonds. The second-order valence-corrected chi connectivity index (χ2v) is 9.90. The Morgan fingerprint density at radius 2 is 1.86 bits per heavy atom. The largest absolute Gasteiger partial charge is 0.394 e. The number of benzene rings is 2. The second kappa shape index (κ2) is 9.74. The number of nitrogens with zero attached hydrogens (tertiary/aromatic N) is 4. The maximum absolute atomic E-state index is 13.5. The fourth-order valence-electron chi connectivity index (χ4n) is 5.76. The van der Waals surface area contributed by atoms with E-state index < -0.39 is 0 Å². The van der Waals surface area contributed by atoms with Crippen molar-refractivity contribution >= 4 is 17.5 Å². The number of hydrogen-bond donors (Lipinski definition) is 1. The molecule has 1 aromatic heterocycles. The van der Waals surface area contributed by atoms with Crippen LogP contribution in [-0.2, 0) is 11.2 Å². The molecule has 7 nitrogen and oxygen atoms in total. The van der Waals surface area contributed by atoms with Gasteiger partial charge in [0.2, 0.25) is 5.91 Å². The van der Waals surface area contributed by atoms with Gasteiger partial charge >= 0.3 is 0 Å². The highest BCUT2D eigenvalue weighted by Gasteiger charge is 2.47. The van der Waals surface area contributed by atoms with Crippen molar-refractivity contribution < 1.29 is 14.7 Å². The molecule has 1 saturated heterocycles. The van der Waals surface area contributed by atoms with Gasteiger partial charge < -0.3 is 19.8 Å². The number of likely N-dealkylation sites (N-methyl/N-ethyl adjacent to an activating group) is 1. The zero-order valence-electron chi connectivity index (χ0n) is 21.0. The number of carbonyl (C=O) groups is 2. The zero-order chi connectivity index (χ0) is 25.4. The highest BCUT2D eigenvalue weighted by atomic mass is 16.3. The number of pyridine rings is 1. The third-order valence-electron chi connectivity index (χ3n) is 7.58. The van der Waals surface area contributed by atoms with Gasteiger partial charge in [-0.3, -0.25) is 14.6 Å². The van der Waals surface area contributed by atoms with E-state index in [1.54, 1.807) is 25.2 Å². The molecule has 1 fully saturated rings. The molecule has 186 valence electrons. The normalized spacial score (nSPS) is 20.6. The third kappa shape index (κ3) is 4.24. The summed E-state index contributed by atoms with van der Waals surface area (Å²) < 4.78 is 0. The Bertz CT molecular complexity index is 1280. The Morgan fingerprint density at radius 3 is 2.58 bits per heavy atom. The van der Waals surface area contributed by atoms with E-state index in [2.05, 4.69) is 28.1 Å². The summed E-state index contributed by atoms with van der Waals surface area (Å²) in [6.07, 6.45) is 2.81. The van der Waals surface area contributed by atoms with E-state index >= 15 is 0 Å². The van der Waals surface area contributed by atoms with Crippen LogP contribution >= 0.6 is 0 Å². The summed E-state index contributed by atoms with van der Waals surface area (Å²) >= 11 is 0. The number of fused-ring (bicyclic) bond motifs is 3. The lowest BCUT2D eigenvalue weighted by atomic mass is 9.81. The molecule has 0 saturated carbocycles. The predicted octanol–water partition coefficient (Wildman–Crippen LogP) is 3.39. The summed E-state index contributed by atoms with van der Waals surface area (Å²) in [4.78, 5) is 36.0. The number of amides is 2. The van der Waals surface area contributed by atoms with E-state index in [1.807, 2.05) is 54.4 Å². The van der Waals surface area contributed by atoms with Crippen LogP contribution in [0.4, 0.5) is 5.69 Å². The Kier molecular flexibility index (Phi) is 6.49. The number of aromatic nitrogens is 1. The fourth-order valence-corrected chi connectivity index (χ4v) is 5.76. The van der Waals surface area contributed by atoms with Crippen LogP contribution in [0.3, 0.4) is 0 Å². The Labute approximate surface area is 212 Å². The fraction of sp³-hybridized carbons (Fsp3) is 0.345. The summed E-state index contributed by atoms with van der Waals surface area (Å²) in [5.74, 6) is 0.150. The maximum atomic E-state index is 13.5. The molecule has 2 aliphatic heterocycles.